The predicted molar refractivity (Wildman–Crippen MR) is 115 cm³/mol. The van der Waals surface area contributed by atoms with Crippen molar-refractivity contribution in [2.75, 3.05) is 45.0 Å². The van der Waals surface area contributed by atoms with E-state index >= 15 is 0 Å². The molecule has 1 aromatic heterocycles. The Labute approximate surface area is 179 Å². The monoisotopic (exact) mass is 421 g/mol. The first kappa shape index (κ1) is 19.4. The summed E-state index contributed by atoms with van der Waals surface area (Å²) in [6.45, 7) is 4.36. The quantitative estimate of drug-likeness (QED) is 0.668. The third-order valence-electron chi connectivity index (χ3n) is 5.56. The summed E-state index contributed by atoms with van der Waals surface area (Å²) < 4.78 is 16.0. The van der Waals surface area contributed by atoms with Crippen LogP contribution in [0.3, 0.4) is 0 Å². The molecule has 3 heterocycles. The number of methoxy groups -OCH3 is 1. The first-order valence-corrected chi connectivity index (χ1v) is 10.2. The van der Waals surface area contributed by atoms with Gasteiger partial charge in [-0.15, -0.1) is 10.2 Å². The van der Waals surface area contributed by atoms with Gasteiger partial charge in [0.2, 0.25) is 12.7 Å². The van der Waals surface area contributed by atoms with Crippen molar-refractivity contribution >= 4 is 5.95 Å². The highest BCUT2D eigenvalue weighted by atomic mass is 16.7. The van der Waals surface area contributed by atoms with Gasteiger partial charge in [-0.3, -0.25) is 14.7 Å². The van der Waals surface area contributed by atoms with Crippen LogP contribution in [0.2, 0.25) is 0 Å². The van der Waals surface area contributed by atoms with Crippen molar-refractivity contribution in [3.63, 3.8) is 0 Å². The molecular formula is C22H23N5O4. The second kappa shape index (κ2) is 8.27. The highest BCUT2D eigenvalue weighted by Gasteiger charge is 2.21. The summed E-state index contributed by atoms with van der Waals surface area (Å²) in [6, 6.07) is 13.3. The molecule has 0 spiro atoms. The third kappa shape index (κ3) is 4.04. The molecule has 1 fully saturated rings. The average Bonchev–Trinajstić information content (AvgIpc) is 3.28. The van der Waals surface area contributed by atoms with Crippen LogP contribution >= 0.6 is 0 Å². The van der Waals surface area contributed by atoms with E-state index in [0.29, 0.717) is 17.2 Å². The highest BCUT2D eigenvalue weighted by Crippen LogP contribution is 2.32. The molecule has 5 rings (SSSR count). The van der Waals surface area contributed by atoms with Crippen LogP contribution in [0.5, 0.6) is 17.2 Å². The molecule has 1 saturated heterocycles. The Hall–Kier alpha value is -3.59. The minimum absolute atomic E-state index is 0.252. The van der Waals surface area contributed by atoms with Crippen LogP contribution in [0.4, 0.5) is 5.95 Å². The van der Waals surface area contributed by atoms with E-state index in [1.54, 1.807) is 31.4 Å². The van der Waals surface area contributed by atoms with E-state index in [0.717, 1.165) is 50.0 Å². The number of piperazine rings is 1. The Bertz CT molecular complexity index is 1120. The summed E-state index contributed by atoms with van der Waals surface area (Å²) in [5.41, 5.74) is 1.94. The minimum Gasteiger partial charge on any atom is -0.497 e. The Morgan fingerprint density at radius 2 is 1.77 bits per heavy atom. The molecule has 0 radical (unpaired) electrons. The van der Waals surface area contributed by atoms with Crippen molar-refractivity contribution < 1.29 is 14.2 Å². The highest BCUT2D eigenvalue weighted by molar-refractivity contribution is 5.59. The van der Waals surface area contributed by atoms with E-state index in [1.165, 1.54) is 5.56 Å². The molecular weight excluding hydrogens is 398 g/mol. The summed E-state index contributed by atoms with van der Waals surface area (Å²) in [5.74, 6) is 2.84. The number of aromatic amines is 1. The molecule has 160 valence electrons. The molecule has 2 aliphatic heterocycles. The molecule has 9 heteroatoms. The largest absolute Gasteiger partial charge is 0.497 e. The Morgan fingerprint density at radius 1 is 1.00 bits per heavy atom. The van der Waals surface area contributed by atoms with Gasteiger partial charge in [-0.05, 0) is 42.0 Å². The van der Waals surface area contributed by atoms with Crippen molar-refractivity contribution in [3.05, 3.63) is 58.4 Å². The summed E-state index contributed by atoms with van der Waals surface area (Å²) in [6.07, 6.45) is 0. The summed E-state index contributed by atoms with van der Waals surface area (Å²) in [4.78, 5) is 19.9. The number of ether oxygens (including phenoxy) is 3. The fraction of sp³-hybridized carbons (Fsp3) is 0.318. The maximum absolute atomic E-state index is 12.6. The van der Waals surface area contributed by atoms with Crippen molar-refractivity contribution in [1.82, 2.24) is 20.1 Å². The number of rotatable bonds is 5. The first-order valence-electron chi connectivity index (χ1n) is 10.2. The lowest BCUT2D eigenvalue weighted by atomic mass is 10.1. The van der Waals surface area contributed by atoms with Crippen LogP contribution in [-0.4, -0.2) is 60.2 Å². The molecule has 2 aliphatic rings. The number of hydrogen-bond acceptors (Lipinski definition) is 8. The van der Waals surface area contributed by atoms with Crippen molar-refractivity contribution in [3.8, 4) is 28.5 Å². The molecule has 0 unspecified atom stereocenters. The Morgan fingerprint density at radius 3 is 2.52 bits per heavy atom. The molecule has 2 aromatic carbocycles. The Kier molecular flexibility index (Phi) is 5.17. The van der Waals surface area contributed by atoms with Gasteiger partial charge in [-0.1, -0.05) is 6.07 Å². The zero-order valence-corrected chi connectivity index (χ0v) is 17.2. The van der Waals surface area contributed by atoms with Gasteiger partial charge in [0, 0.05) is 38.3 Å². The average molecular weight is 421 g/mol. The number of H-pyrrole nitrogens is 1. The SMILES string of the molecule is COc1ccc(-c2nnc(N3CCN(Cc4ccc5c(c4)OCO5)CC3)[nH]c2=O)cc1. The van der Waals surface area contributed by atoms with Crippen molar-refractivity contribution in [2.24, 2.45) is 0 Å². The van der Waals surface area contributed by atoms with Crippen molar-refractivity contribution in [1.29, 1.82) is 0 Å². The minimum atomic E-state index is -0.252. The van der Waals surface area contributed by atoms with Crippen LogP contribution < -0.4 is 24.7 Å². The maximum Gasteiger partial charge on any atom is 0.279 e. The normalized spacial score (nSPS) is 15.8. The zero-order chi connectivity index (χ0) is 21.2. The van der Waals surface area contributed by atoms with E-state index in [2.05, 4.69) is 31.0 Å². The number of hydrogen-bond donors (Lipinski definition) is 1. The molecule has 0 atom stereocenters. The Balaban J connectivity index is 1.22. The van der Waals surface area contributed by atoms with Crippen LogP contribution in [0, 0.1) is 0 Å². The molecule has 0 amide bonds. The summed E-state index contributed by atoms with van der Waals surface area (Å²) in [7, 11) is 1.60. The van der Waals surface area contributed by atoms with Gasteiger partial charge in [0.25, 0.3) is 5.56 Å². The van der Waals surface area contributed by atoms with E-state index in [9.17, 15) is 4.79 Å². The zero-order valence-electron chi connectivity index (χ0n) is 17.2. The van der Waals surface area contributed by atoms with Crippen LogP contribution in [0.25, 0.3) is 11.3 Å². The van der Waals surface area contributed by atoms with Crippen molar-refractivity contribution in [2.45, 2.75) is 6.54 Å². The van der Waals surface area contributed by atoms with E-state index in [4.69, 9.17) is 14.2 Å². The summed E-state index contributed by atoms with van der Waals surface area (Å²) >= 11 is 0. The fourth-order valence-electron chi connectivity index (χ4n) is 3.82. The second-order valence-corrected chi connectivity index (χ2v) is 7.51. The topological polar surface area (TPSA) is 92.8 Å². The molecule has 0 saturated carbocycles. The van der Waals surface area contributed by atoms with Crippen LogP contribution in [0.1, 0.15) is 5.56 Å². The standard InChI is InChI=1S/C22H23N5O4/c1-29-17-5-3-16(4-6-17)20-21(28)23-22(25-24-20)27-10-8-26(9-11-27)13-15-2-7-18-19(12-15)31-14-30-18/h2-7,12H,8-11,13-14H2,1H3,(H,23,25,28). The van der Waals surface area contributed by atoms with Gasteiger partial charge in [0.15, 0.2) is 17.2 Å². The second-order valence-electron chi connectivity index (χ2n) is 7.51. The third-order valence-corrected chi connectivity index (χ3v) is 5.56. The number of nitrogens with one attached hydrogen (secondary N) is 1. The fourth-order valence-corrected chi connectivity index (χ4v) is 3.82. The lowest BCUT2D eigenvalue weighted by Crippen LogP contribution is -2.47. The molecule has 31 heavy (non-hydrogen) atoms. The lowest BCUT2D eigenvalue weighted by molar-refractivity contribution is 0.174. The summed E-state index contributed by atoms with van der Waals surface area (Å²) in [5, 5.41) is 8.45. The van der Waals surface area contributed by atoms with Crippen LogP contribution in [-0.2, 0) is 6.54 Å². The van der Waals surface area contributed by atoms with Gasteiger partial charge in [0.1, 0.15) is 5.75 Å². The number of nitrogens with zero attached hydrogens (tertiary/aromatic N) is 4. The van der Waals surface area contributed by atoms with Gasteiger partial charge in [-0.2, -0.15) is 0 Å². The molecule has 0 aliphatic carbocycles. The maximum atomic E-state index is 12.6. The number of aromatic nitrogens is 3. The van der Waals surface area contributed by atoms with E-state index < -0.39 is 0 Å². The van der Waals surface area contributed by atoms with Crippen LogP contribution in [0.15, 0.2) is 47.3 Å². The van der Waals surface area contributed by atoms with Gasteiger partial charge in [0.05, 0.1) is 7.11 Å². The number of fused-ring (bicyclic) bond motifs is 1. The number of benzene rings is 2. The van der Waals surface area contributed by atoms with Gasteiger partial charge in [-0.25, -0.2) is 0 Å². The van der Waals surface area contributed by atoms with E-state index in [-0.39, 0.29) is 12.4 Å². The molecule has 3 aromatic rings. The molecule has 1 N–H and O–H groups in total. The van der Waals surface area contributed by atoms with E-state index in [1.807, 2.05) is 12.1 Å². The number of anilines is 1. The smallest absolute Gasteiger partial charge is 0.279 e. The lowest BCUT2D eigenvalue weighted by Gasteiger charge is -2.34. The first-order chi connectivity index (χ1) is 15.2. The predicted octanol–water partition coefficient (Wildman–Crippen LogP) is 1.89. The molecule has 9 nitrogen and oxygen atoms in total. The van der Waals surface area contributed by atoms with Gasteiger partial charge >= 0.3 is 0 Å². The van der Waals surface area contributed by atoms with Gasteiger partial charge < -0.3 is 19.1 Å². The molecule has 0 bridgehead atoms.